The Labute approximate surface area is 223 Å². The predicted octanol–water partition coefficient (Wildman–Crippen LogP) is 7.53. The third kappa shape index (κ3) is 4.88. The number of ketones is 1. The molecule has 1 amide bonds. The summed E-state index contributed by atoms with van der Waals surface area (Å²) in [6.07, 6.45) is 0. The van der Waals surface area contributed by atoms with Gasteiger partial charge in [0.1, 0.15) is 11.5 Å². The molecule has 1 N–H and O–H groups in total. The van der Waals surface area contributed by atoms with E-state index in [1.807, 2.05) is 55.5 Å². The van der Waals surface area contributed by atoms with Gasteiger partial charge in [-0.25, -0.2) is 0 Å². The van der Waals surface area contributed by atoms with E-state index in [1.54, 1.807) is 12.1 Å². The maximum Gasteiger partial charge on any atom is 0.300 e. The molecule has 1 saturated heterocycles. The monoisotopic (exact) mass is 517 g/mol. The van der Waals surface area contributed by atoms with Gasteiger partial charge in [-0.1, -0.05) is 75.7 Å². The second-order valence-electron chi connectivity index (χ2n) is 10.1. The van der Waals surface area contributed by atoms with Crippen LogP contribution in [0.4, 0.5) is 5.69 Å². The molecule has 192 valence electrons. The third-order valence-electron chi connectivity index (χ3n) is 6.85. The molecule has 1 unspecified atom stereocenters. The molecule has 1 aliphatic rings. The lowest BCUT2D eigenvalue weighted by molar-refractivity contribution is -0.132. The summed E-state index contributed by atoms with van der Waals surface area (Å²) in [7, 11) is 1.45. The van der Waals surface area contributed by atoms with E-state index >= 15 is 0 Å². The van der Waals surface area contributed by atoms with E-state index in [1.165, 1.54) is 12.0 Å². The number of carbonyl (C=O) groups excluding carboxylic acids is 2. The van der Waals surface area contributed by atoms with Crippen LogP contribution in [0.25, 0.3) is 5.76 Å². The van der Waals surface area contributed by atoms with Crippen molar-refractivity contribution >= 4 is 34.7 Å². The van der Waals surface area contributed by atoms with Gasteiger partial charge in [0.05, 0.1) is 29.3 Å². The van der Waals surface area contributed by atoms with Gasteiger partial charge < -0.3 is 9.84 Å². The van der Waals surface area contributed by atoms with Crippen molar-refractivity contribution in [3.63, 3.8) is 0 Å². The van der Waals surface area contributed by atoms with Gasteiger partial charge >= 0.3 is 0 Å². The predicted molar refractivity (Wildman–Crippen MR) is 149 cm³/mol. The van der Waals surface area contributed by atoms with E-state index in [2.05, 4.69) is 27.7 Å². The van der Waals surface area contributed by atoms with Crippen LogP contribution < -0.4 is 9.64 Å². The molecule has 0 aliphatic carbocycles. The highest BCUT2D eigenvalue weighted by Gasteiger charge is 2.47. The Hall–Kier alpha value is -3.57. The van der Waals surface area contributed by atoms with Crippen molar-refractivity contribution in [3.05, 3.63) is 99.1 Å². The Morgan fingerprint density at radius 3 is 1.97 bits per heavy atom. The van der Waals surface area contributed by atoms with Crippen LogP contribution in [0, 0.1) is 6.92 Å². The lowest BCUT2D eigenvalue weighted by Gasteiger charge is -2.26. The number of hydrogen-bond donors (Lipinski definition) is 1. The summed E-state index contributed by atoms with van der Waals surface area (Å²) in [5.74, 6) is -0.895. The molecule has 1 fully saturated rings. The first-order valence-electron chi connectivity index (χ1n) is 12.4. The average molecular weight is 518 g/mol. The summed E-state index contributed by atoms with van der Waals surface area (Å²) in [5, 5.41) is 11.9. The maximum absolute atomic E-state index is 13.5. The number of carbonyl (C=O) groups is 2. The van der Waals surface area contributed by atoms with Crippen molar-refractivity contribution in [1.82, 2.24) is 0 Å². The molecule has 1 atom stereocenters. The topological polar surface area (TPSA) is 66.8 Å². The first-order valence-corrected chi connectivity index (χ1v) is 12.8. The SMILES string of the molecule is COc1c(Cl)cc(C)cc1/C(O)=C1\C(=O)C(=O)N(c2ccc(C(C)C)cc2)C1c1ccc(C(C)C)cc1. The molecule has 4 rings (SSSR count). The van der Waals surface area contributed by atoms with Gasteiger partial charge in [-0.15, -0.1) is 0 Å². The van der Waals surface area contributed by atoms with Gasteiger partial charge in [0.2, 0.25) is 0 Å². The zero-order chi connectivity index (χ0) is 27.0. The van der Waals surface area contributed by atoms with Crippen molar-refractivity contribution in [2.24, 2.45) is 0 Å². The summed E-state index contributed by atoms with van der Waals surface area (Å²) >= 11 is 6.39. The fourth-order valence-corrected chi connectivity index (χ4v) is 5.11. The molecule has 0 aromatic heterocycles. The summed E-state index contributed by atoms with van der Waals surface area (Å²) in [6, 6.07) is 18.0. The molecular weight excluding hydrogens is 486 g/mol. The molecule has 0 spiro atoms. The van der Waals surface area contributed by atoms with E-state index in [4.69, 9.17) is 16.3 Å². The molecule has 6 heteroatoms. The minimum absolute atomic E-state index is 0.00444. The second-order valence-corrected chi connectivity index (χ2v) is 10.5. The molecule has 0 saturated carbocycles. The van der Waals surface area contributed by atoms with Gasteiger partial charge in [-0.2, -0.15) is 0 Å². The van der Waals surface area contributed by atoms with E-state index in [0.29, 0.717) is 22.5 Å². The van der Waals surface area contributed by atoms with Crippen LogP contribution in [-0.4, -0.2) is 23.9 Å². The summed E-state index contributed by atoms with van der Waals surface area (Å²) in [4.78, 5) is 28.5. The molecular formula is C31H32ClNO4. The van der Waals surface area contributed by atoms with Crippen molar-refractivity contribution in [3.8, 4) is 5.75 Å². The van der Waals surface area contributed by atoms with Crippen molar-refractivity contribution in [2.45, 2.75) is 52.5 Å². The lowest BCUT2D eigenvalue weighted by Crippen LogP contribution is -2.29. The smallest absolute Gasteiger partial charge is 0.300 e. The van der Waals surface area contributed by atoms with E-state index in [9.17, 15) is 14.7 Å². The lowest BCUT2D eigenvalue weighted by atomic mass is 9.92. The van der Waals surface area contributed by atoms with Gasteiger partial charge in [-0.3, -0.25) is 14.5 Å². The molecule has 0 bridgehead atoms. The number of methoxy groups -OCH3 is 1. The van der Waals surface area contributed by atoms with Crippen molar-refractivity contribution in [2.75, 3.05) is 12.0 Å². The Kier molecular flexibility index (Phi) is 7.47. The second kappa shape index (κ2) is 10.4. The molecule has 1 aliphatic heterocycles. The highest BCUT2D eigenvalue weighted by Crippen LogP contribution is 2.44. The van der Waals surface area contributed by atoms with E-state index in [0.717, 1.165) is 22.3 Å². The average Bonchev–Trinajstić information content (AvgIpc) is 3.13. The molecule has 1 heterocycles. The zero-order valence-electron chi connectivity index (χ0n) is 22.0. The van der Waals surface area contributed by atoms with Crippen LogP contribution in [-0.2, 0) is 9.59 Å². The highest BCUT2D eigenvalue weighted by molar-refractivity contribution is 6.51. The largest absolute Gasteiger partial charge is 0.507 e. The zero-order valence-corrected chi connectivity index (χ0v) is 22.8. The Morgan fingerprint density at radius 1 is 0.919 bits per heavy atom. The fourth-order valence-electron chi connectivity index (χ4n) is 4.75. The van der Waals surface area contributed by atoms with Crippen LogP contribution >= 0.6 is 11.6 Å². The van der Waals surface area contributed by atoms with Gasteiger partial charge in [0.25, 0.3) is 11.7 Å². The molecule has 3 aromatic rings. The molecule has 0 radical (unpaired) electrons. The Balaban J connectivity index is 1.96. The standard InChI is InChI=1S/C31H32ClNO4/c1-17(2)20-7-9-22(10-8-20)27-26(28(34)24-15-19(5)16-25(32)30(24)37-6)29(35)31(36)33(27)23-13-11-21(12-14-23)18(3)4/h7-18,27,34H,1-6H3/b28-26+. The maximum atomic E-state index is 13.5. The van der Waals surface area contributed by atoms with Crippen LogP contribution in [0.2, 0.25) is 5.02 Å². The molecule has 5 nitrogen and oxygen atoms in total. The summed E-state index contributed by atoms with van der Waals surface area (Å²) in [5.41, 5.74) is 4.60. The first-order chi connectivity index (χ1) is 17.5. The number of aliphatic hydroxyl groups is 1. The van der Waals surface area contributed by atoms with Crippen LogP contribution in [0.5, 0.6) is 5.75 Å². The number of ether oxygens (including phenoxy) is 1. The van der Waals surface area contributed by atoms with Crippen LogP contribution in [0.3, 0.4) is 0 Å². The highest BCUT2D eigenvalue weighted by atomic mass is 35.5. The van der Waals surface area contributed by atoms with Crippen LogP contribution in [0.15, 0.2) is 66.2 Å². The van der Waals surface area contributed by atoms with Gasteiger partial charge in [-0.05, 0) is 65.3 Å². The minimum atomic E-state index is -0.824. The van der Waals surface area contributed by atoms with Gasteiger partial charge in [0.15, 0.2) is 0 Å². The summed E-state index contributed by atoms with van der Waals surface area (Å²) < 4.78 is 5.47. The number of nitrogens with zero attached hydrogens (tertiary/aromatic N) is 1. The number of aliphatic hydroxyl groups excluding tert-OH is 1. The number of anilines is 1. The number of halogens is 1. The van der Waals surface area contributed by atoms with Crippen molar-refractivity contribution < 1.29 is 19.4 Å². The van der Waals surface area contributed by atoms with E-state index in [-0.39, 0.29) is 22.6 Å². The Bertz CT molecular complexity index is 1370. The number of Topliss-reactive ketones (excluding diaryl/α,β-unsaturated/α-hetero) is 1. The molecule has 37 heavy (non-hydrogen) atoms. The fraction of sp³-hybridized carbons (Fsp3) is 0.290. The number of hydrogen-bond acceptors (Lipinski definition) is 4. The number of aryl methyl sites for hydroxylation is 1. The quantitative estimate of drug-likeness (QED) is 0.208. The first kappa shape index (κ1) is 26.5. The van der Waals surface area contributed by atoms with Crippen molar-refractivity contribution in [1.29, 1.82) is 0 Å². The van der Waals surface area contributed by atoms with E-state index < -0.39 is 17.7 Å². The normalized spacial score (nSPS) is 17.2. The summed E-state index contributed by atoms with van der Waals surface area (Å²) in [6.45, 7) is 10.2. The number of amides is 1. The minimum Gasteiger partial charge on any atom is -0.507 e. The third-order valence-corrected chi connectivity index (χ3v) is 7.13. The Morgan fingerprint density at radius 2 is 1.46 bits per heavy atom. The number of benzene rings is 3. The van der Waals surface area contributed by atoms with Crippen LogP contribution in [0.1, 0.15) is 73.4 Å². The number of rotatable bonds is 6. The van der Waals surface area contributed by atoms with Gasteiger partial charge in [0, 0.05) is 5.69 Å². The molecule has 3 aromatic carbocycles.